The molecule has 0 radical (unpaired) electrons. The topological polar surface area (TPSA) is 60.8 Å². The third-order valence-corrected chi connectivity index (χ3v) is 3.54. The van der Waals surface area contributed by atoms with Crippen molar-refractivity contribution < 1.29 is 19.3 Å². The second-order valence-electron chi connectivity index (χ2n) is 5.13. The van der Waals surface area contributed by atoms with E-state index in [0.29, 0.717) is 35.1 Å². The number of aliphatic hydroxyl groups excluding tert-OH is 1. The summed E-state index contributed by atoms with van der Waals surface area (Å²) < 4.78 is 16.1. The molecule has 2 aromatic rings. The molecule has 0 aliphatic rings. The number of unbranched alkanes of at least 4 members (excludes halogenated alkanes) is 1. The van der Waals surface area contributed by atoms with Crippen molar-refractivity contribution in [1.29, 1.82) is 0 Å². The van der Waals surface area contributed by atoms with Gasteiger partial charge < -0.3 is 19.3 Å². The number of ether oxygens (including phenoxy) is 3. The fourth-order valence-electron chi connectivity index (χ4n) is 2.18. The zero-order valence-electron chi connectivity index (χ0n) is 13.8. The number of benzene rings is 1. The molecule has 0 spiro atoms. The summed E-state index contributed by atoms with van der Waals surface area (Å²) in [7, 11) is 3.15. The van der Waals surface area contributed by atoms with Gasteiger partial charge in [0.1, 0.15) is 23.4 Å². The Hall–Kier alpha value is -2.27. The molecule has 1 aromatic heterocycles. The second-order valence-corrected chi connectivity index (χ2v) is 5.13. The van der Waals surface area contributed by atoms with Crippen molar-refractivity contribution in [1.82, 2.24) is 4.98 Å². The van der Waals surface area contributed by atoms with Crippen molar-refractivity contribution in [2.75, 3.05) is 20.8 Å². The molecule has 0 saturated carbocycles. The van der Waals surface area contributed by atoms with Crippen LogP contribution >= 0.6 is 0 Å². The highest BCUT2D eigenvalue weighted by molar-refractivity contribution is 5.44. The van der Waals surface area contributed by atoms with Gasteiger partial charge in [-0.3, -0.25) is 4.98 Å². The quantitative estimate of drug-likeness (QED) is 0.757. The summed E-state index contributed by atoms with van der Waals surface area (Å²) in [6, 6.07) is 8.87. The number of aliphatic hydroxyl groups is 1. The lowest BCUT2D eigenvalue weighted by molar-refractivity contribution is 0.209. The number of aromatic nitrogens is 1. The lowest BCUT2D eigenvalue weighted by atomic mass is 10.0. The Morgan fingerprint density at radius 2 is 1.87 bits per heavy atom. The van der Waals surface area contributed by atoms with Crippen LogP contribution in [-0.4, -0.2) is 30.9 Å². The maximum absolute atomic E-state index is 10.5. The smallest absolute Gasteiger partial charge is 0.137 e. The fraction of sp³-hybridized carbons (Fsp3) is 0.389. The molecule has 0 fully saturated rings. The van der Waals surface area contributed by atoms with Gasteiger partial charge in [-0.05, 0) is 30.7 Å². The number of hydrogen-bond acceptors (Lipinski definition) is 5. The molecular weight excluding hydrogens is 294 g/mol. The summed E-state index contributed by atoms with van der Waals surface area (Å²) >= 11 is 0. The molecule has 0 saturated heterocycles. The van der Waals surface area contributed by atoms with Crippen molar-refractivity contribution >= 4 is 0 Å². The molecule has 0 aliphatic carbocycles. The third kappa shape index (κ3) is 4.36. The lowest BCUT2D eigenvalue weighted by Gasteiger charge is -2.15. The first-order chi connectivity index (χ1) is 11.2. The molecule has 5 heteroatoms. The van der Waals surface area contributed by atoms with Crippen LogP contribution in [0.4, 0.5) is 0 Å². The zero-order chi connectivity index (χ0) is 16.7. The van der Waals surface area contributed by atoms with Gasteiger partial charge in [0.15, 0.2) is 0 Å². The number of pyridine rings is 1. The maximum Gasteiger partial charge on any atom is 0.137 e. The van der Waals surface area contributed by atoms with Crippen LogP contribution in [0.15, 0.2) is 36.5 Å². The molecule has 0 aliphatic heterocycles. The summed E-state index contributed by atoms with van der Waals surface area (Å²) in [5, 5.41) is 10.5. The van der Waals surface area contributed by atoms with E-state index in [1.165, 1.54) is 0 Å². The van der Waals surface area contributed by atoms with Crippen LogP contribution in [0.25, 0.3) is 0 Å². The van der Waals surface area contributed by atoms with E-state index in [4.69, 9.17) is 14.2 Å². The molecule has 1 N–H and O–H groups in total. The summed E-state index contributed by atoms with van der Waals surface area (Å²) in [5.41, 5.74) is 1.18. The first kappa shape index (κ1) is 17.1. The molecule has 0 bridgehead atoms. The van der Waals surface area contributed by atoms with Crippen LogP contribution < -0.4 is 14.2 Å². The number of hydrogen-bond donors (Lipinski definition) is 1. The fourth-order valence-corrected chi connectivity index (χ4v) is 2.18. The maximum atomic E-state index is 10.5. The van der Waals surface area contributed by atoms with E-state index in [1.807, 2.05) is 6.07 Å². The molecule has 1 atom stereocenters. The van der Waals surface area contributed by atoms with E-state index in [2.05, 4.69) is 11.9 Å². The molecule has 5 nitrogen and oxygen atoms in total. The minimum absolute atomic E-state index is 0.538. The summed E-state index contributed by atoms with van der Waals surface area (Å²) in [6.45, 7) is 2.79. The molecule has 23 heavy (non-hydrogen) atoms. The lowest BCUT2D eigenvalue weighted by Crippen LogP contribution is -2.05. The highest BCUT2D eigenvalue weighted by Gasteiger charge is 2.17. The van der Waals surface area contributed by atoms with Gasteiger partial charge in [-0.1, -0.05) is 13.3 Å². The number of nitrogens with zero attached hydrogens (tertiary/aromatic N) is 1. The minimum atomic E-state index is -0.874. The molecule has 2 rings (SSSR count). The van der Waals surface area contributed by atoms with E-state index in [9.17, 15) is 5.11 Å². The van der Waals surface area contributed by atoms with Crippen molar-refractivity contribution in [3.8, 4) is 17.2 Å². The first-order valence-electron chi connectivity index (χ1n) is 7.68. The average molecular weight is 317 g/mol. The van der Waals surface area contributed by atoms with E-state index in [1.54, 1.807) is 44.7 Å². The van der Waals surface area contributed by atoms with Crippen LogP contribution in [0.1, 0.15) is 37.1 Å². The minimum Gasteiger partial charge on any atom is -0.497 e. The van der Waals surface area contributed by atoms with Gasteiger partial charge in [0.05, 0.1) is 32.7 Å². The summed E-state index contributed by atoms with van der Waals surface area (Å²) in [4.78, 5) is 4.29. The van der Waals surface area contributed by atoms with Gasteiger partial charge >= 0.3 is 0 Å². The highest BCUT2D eigenvalue weighted by Crippen LogP contribution is 2.32. The molecule has 0 amide bonds. The van der Waals surface area contributed by atoms with Gasteiger partial charge in [0.25, 0.3) is 0 Å². The van der Waals surface area contributed by atoms with Crippen LogP contribution in [0.5, 0.6) is 17.2 Å². The van der Waals surface area contributed by atoms with E-state index in [0.717, 1.165) is 12.8 Å². The normalized spacial score (nSPS) is 11.8. The second kappa shape index (κ2) is 8.39. The van der Waals surface area contributed by atoms with Gasteiger partial charge in [0.2, 0.25) is 0 Å². The van der Waals surface area contributed by atoms with Crippen LogP contribution in [0.3, 0.4) is 0 Å². The van der Waals surface area contributed by atoms with E-state index >= 15 is 0 Å². The predicted molar refractivity (Wildman–Crippen MR) is 88.2 cm³/mol. The largest absolute Gasteiger partial charge is 0.497 e. The average Bonchev–Trinajstić information content (AvgIpc) is 2.61. The summed E-state index contributed by atoms with van der Waals surface area (Å²) in [6.07, 6.45) is 2.85. The Morgan fingerprint density at radius 1 is 1.09 bits per heavy atom. The number of methoxy groups -OCH3 is 2. The Labute approximate surface area is 136 Å². The standard InChI is InChI=1S/C18H23NO4/c1-4-5-10-23-14-7-9-16(19-12-14)18(20)15-8-6-13(21-2)11-17(15)22-3/h6-9,11-12,18,20H,4-5,10H2,1-3H3. The summed E-state index contributed by atoms with van der Waals surface area (Å²) in [5.74, 6) is 1.93. The van der Waals surface area contributed by atoms with E-state index < -0.39 is 6.10 Å². The molecule has 124 valence electrons. The van der Waals surface area contributed by atoms with Crippen LogP contribution in [0.2, 0.25) is 0 Å². The molecule has 1 unspecified atom stereocenters. The van der Waals surface area contributed by atoms with Crippen LogP contribution in [-0.2, 0) is 0 Å². The van der Waals surface area contributed by atoms with Gasteiger partial charge in [-0.2, -0.15) is 0 Å². The first-order valence-corrected chi connectivity index (χ1v) is 7.68. The van der Waals surface area contributed by atoms with Crippen molar-refractivity contribution in [3.63, 3.8) is 0 Å². The third-order valence-electron chi connectivity index (χ3n) is 3.54. The number of rotatable bonds is 8. The van der Waals surface area contributed by atoms with Crippen LogP contribution in [0, 0.1) is 0 Å². The zero-order valence-corrected chi connectivity index (χ0v) is 13.8. The van der Waals surface area contributed by atoms with Gasteiger partial charge in [-0.25, -0.2) is 0 Å². The Kier molecular flexibility index (Phi) is 6.23. The van der Waals surface area contributed by atoms with E-state index in [-0.39, 0.29) is 0 Å². The molecule has 1 aromatic carbocycles. The highest BCUT2D eigenvalue weighted by atomic mass is 16.5. The van der Waals surface area contributed by atoms with Gasteiger partial charge in [-0.15, -0.1) is 0 Å². The van der Waals surface area contributed by atoms with Crippen molar-refractivity contribution in [3.05, 3.63) is 47.8 Å². The SMILES string of the molecule is CCCCOc1ccc(C(O)c2ccc(OC)cc2OC)nc1. The Balaban J connectivity index is 2.15. The monoisotopic (exact) mass is 317 g/mol. The van der Waals surface area contributed by atoms with Gasteiger partial charge in [0, 0.05) is 11.6 Å². The predicted octanol–water partition coefficient (Wildman–Crippen LogP) is 3.36. The van der Waals surface area contributed by atoms with Crippen molar-refractivity contribution in [2.24, 2.45) is 0 Å². The van der Waals surface area contributed by atoms with Crippen molar-refractivity contribution in [2.45, 2.75) is 25.9 Å². The molecule has 1 heterocycles. The molecular formula is C18H23NO4. The Morgan fingerprint density at radius 3 is 2.48 bits per heavy atom. The Bertz CT molecular complexity index is 613.